The van der Waals surface area contributed by atoms with Crippen molar-refractivity contribution >= 4 is 0 Å². The van der Waals surface area contributed by atoms with Gasteiger partial charge >= 0.3 is 0 Å². The Bertz CT molecular complexity index is 373. The minimum atomic E-state index is 0.158. The van der Waals surface area contributed by atoms with Crippen LogP contribution in [0.4, 0.5) is 0 Å². The third kappa shape index (κ3) is 5.05. The number of nitrogens with zero attached hydrogens (tertiary/aromatic N) is 1. The third-order valence-corrected chi connectivity index (χ3v) is 2.54. The molecule has 0 radical (unpaired) electrons. The highest BCUT2D eigenvalue weighted by Gasteiger charge is 2.08. The molecule has 102 valence electrons. The lowest BCUT2D eigenvalue weighted by Crippen LogP contribution is -2.22. The van der Waals surface area contributed by atoms with Crippen LogP contribution < -0.4 is 10.1 Å². The van der Waals surface area contributed by atoms with E-state index in [0.717, 1.165) is 18.1 Å². The molecule has 3 nitrogen and oxygen atoms in total. The average Bonchev–Trinajstić information content (AvgIpc) is 2.25. The van der Waals surface area contributed by atoms with Gasteiger partial charge in [-0.25, -0.2) is 4.98 Å². The highest BCUT2D eigenvalue weighted by Crippen LogP contribution is 2.20. The number of pyridine rings is 1. The zero-order valence-electron chi connectivity index (χ0n) is 12.4. The first-order chi connectivity index (χ1) is 8.38. The summed E-state index contributed by atoms with van der Waals surface area (Å²) in [6.45, 7) is 13.5. The van der Waals surface area contributed by atoms with Gasteiger partial charge in [-0.05, 0) is 31.4 Å². The minimum Gasteiger partial charge on any atom is -0.475 e. The first-order valence-electron chi connectivity index (χ1n) is 6.79. The van der Waals surface area contributed by atoms with Crippen LogP contribution in [0.2, 0.25) is 0 Å². The van der Waals surface area contributed by atoms with Gasteiger partial charge in [0, 0.05) is 24.3 Å². The Hall–Kier alpha value is -1.09. The summed E-state index contributed by atoms with van der Waals surface area (Å²) in [4.78, 5) is 4.55. The third-order valence-electron chi connectivity index (χ3n) is 2.54. The first kappa shape index (κ1) is 15.0. The maximum atomic E-state index is 5.71. The topological polar surface area (TPSA) is 34.1 Å². The Labute approximate surface area is 111 Å². The quantitative estimate of drug-likeness (QED) is 0.839. The van der Waals surface area contributed by atoms with E-state index in [1.54, 1.807) is 0 Å². The maximum absolute atomic E-state index is 5.71. The summed E-state index contributed by atoms with van der Waals surface area (Å²) in [5, 5.41) is 3.43. The fraction of sp³-hybridized carbons (Fsp3) is 0.667. The van der Waals surface area contributed by atoms with Crippen LogP contribution >= 0.6 is 0 Å². The molecule has 1 rings (SSSR count). The van der Waals surface area contributed by atoms with Crippen LogP contribution in [0.1, 0.15) is 58.7 Å². The van der Waals surface area contributed by atoms with Crippen LogP contribution in [-0.2, 0) is 6.54 Å². The number of ether oxygens (including phenoxy) is 1. The molecule has 18 heavy (non-hydrogen) atoms. The second-order valence-corrected chi connectivity index (χ2v) is 5.60. The van der Waals surface area contributed by atoms with E-state index in [-0.39, 0.29) is 6.10 Å². The molecular formula is C15H26N2O. The Balaban J connectivity index is 2.91. The van der Waals surface area contributed by atoms with E-state index in [0.29, 0.717) is 12.0 Å². The van der Waals surface area contributed by atoms with E-state index in [9.17, 15) is 0 Å². The second kappa shape index (κ2) is 6.74. The van der Waals surface area contributed by atoms with Crippen molar-refractivity contribution in [2.24, 2.45) is 0 Å². The molecule has 1 N–H and O–H groups in total. The fourth-order valence-corrected chi connectivity index (χ4v) is 1.60. The van der Waals surface area contributed by atoms with E-state index in [1.807, 2.05) is 19.9 Å². The summed E-state index contributed by atoms with van der Waals surface area (Å²) in [6.07, 6.45) is 0.158. The van der Waals surface area contributed by atoms with Crippen molar-refractivity contribution in [2.45, 2.75) is 66.2 Å². The maximum Gasteiger partial charge on any atom is 0.214 e. The van der Waals surface area contributed by atoms with Gasteiger partial charge in [-0.2, -0.15) is 0 Å². The van der Waals surface area contributed by atoms with Gasteiger partial charge in [-0.1, -0.05) is 27.7 Å². The average molecular weight is 250 g/mol. The molecule has 0 saturated carbocycles. The van der Waals surface area contributed by atoms with Gasteiger partial charge in [0.1, 0.15) is 0 Å². The number of nitrogens with one attached hydrogen (secondary N) is 1. The number of aromatic nitrogens is 1. The molecule has 1 heterocycles. The van der Waals surface area contributed by atoms with Gasteiger partial charge in [0.05, 0.1) is 6.10 Å². The zero-order chi connectivity index (χ0) is 13.7. The van der Waals surface area contributed by atoms with E-state index in [4.69, 9.17) is 4.74 Å². The zero-order valence-corrected chi connectivity index (χ0v) is 12.4. The van der Waals surface area contributed by atoms with E-state index < -0.39 is 0 Å². The lowest BCUT2D eigenvalue weighted by Gasteiger charge is -2.15. The molecular weight excluding hydrogens is 224 g/mol. The molecule has 1 aromatic rings. The molecule has 1 aromatic heterocycles. The molecule has 0 aliphatic rings. The van der Waals surface area contributed by atoms with Crippen molar-refractivity contribution in [2.75, 3.05) is 0 Å². The Kier molecular flexibility index (Phi) is 5.60. The van der Waals surface area contributed by atoms with Gasteiger partial charge in [0.15, 0.2) is 0 Å². The molecule has 0 aliphatic carbocycles. The number of rotatable bonds is 6. The second-order valence-electron chi connectivity index (χ2n) is 5.60. The summed E-state index contributed by atoms with van der Waals surface area (Å²) in [6, 6.07) is 4.67. The molecule has 0 aliphatic heterocycles. The van der Waals surface area contributed by atoms with Crippen LogP contribution in [0.5, 0.6) is 5.88 Å². The summed E-state index contributed by atoms with van der Waals surface area (Å²) in [5.74, 6) is 1.15. The molecule has 0 fully saturated rings. The van der Waals surface area contributed by atoms with E-state index >= 15 is 0 Å². The molecule has 0 aromatic carbocycles. The van der Waals surface area contributed by atoms with Crippen LogP contribution in [0.25, 0.3) is 0 Å². The van der Waals surface area contributed by atoms with Gasteiger partial charge in [-0.3, -0.25) is 0 Å². The summed E-state index contributed by atoms with van der Waals surface area (Å²) in [5.41, 5.74) is 2.33. The van der Waals surface area contributed by atoms with Crippen LogP contribution in [0.3, 0.4) is 0 Å². The summed E-state index contributed by atoms with van der Waals surface area (Å²) in [7, 11) is 0. The van der Waals surface area contributed by atoms with Gasteiger partial charge in [0.25, 0.3) is 0 Å². The molecule has 0 unspecified atom stereocenters. The van der Waals surface area contributed by atoms with Crippen molar-refractivity contribution in [3.63, 3.8) is 0 Å². The highest BCUT2D eigenvalue weighted by molar-refractivity contribution is 5.26. The lowest BCUT2D eigenvalue weighted by atomic mass is 10.1. The largest absolute Gasteiger partial charge is 0.475 e. The van der Waals surface area contributed by atoms with Crippen molar-refractivity contribution < 1.29 is 4.74 Å². The van der Waals surface area contributed by atoms with Crippen LogP contribution in [0.15, 0.2) is 12.1 Å². The molecule has 0 bridgehead atoms. The molecule has 0 spiro atoms. The van der Waals surface area contributed by atoms with Gasteiger partial charge in [0.2, 0.25) is 5.88 Å². The summed E-state index contributed by atoms with van der Waals surface area (Å²) < 4.78 is 5.71. The predicted octanol–water partition coefficient (Wildman–Crippen LogP) is 3.49. The Morgan fingerprint density at radius 1 is 1.11 bits per heavy atom. The Morgan fingerprint density at radius 2 is 1.78 bits per heavy atom. The lowest BCUT2D eigenvalue weighted by molar-refractivity contribution is 0.231. The highest BCUT2D eigenvalue weighted by atomic mass is 16.5. The van der Waals surface area contributed by atoms with E-state index in [1.165, 1.54) is 5.56 Å². The monoisotopic (exact) mass is 250 g/mol. The molecule has 0 saturated heterocycles. The van der Waals surface area contributed by atoms with Crippen LogP contribution in [-0.4, -0.2) is 17.1 Å². The van der Waals surface area contributed by atoms with Crippen molar-refractivity contribution in [1.82, 2.24) is 10.3 Å². The fourth-order valence-electron chi connectivity index (χ4n) is 1.60. The number of hydrogen-bond donors (Lipinski definition) is 1. The van der Waals surface area contributed by atoms with Crippen LogP contribution in [0, 0.1) is 0 Å². The summed E-state index contributed by atoms with van der Waals surface area (Å²) >= 11 is 0. The van der Waals surface area contributed by atoms with Gasteiger partial charge < -0.3 is 10.1 Å². The van der Waals surface area contributed by atoms with Crippen molar-refractivity contribution in [3.05, 3.63) is 23.4 Å². The number of hydrogen-bond acceptors (Lipinski definition) is 3. The SMILES string of the molecule is CC(C)NCc1cc(OC(C)C)nc(C(C)C)c1. The molecule has 3 heteroatoms. The smallest absolute Gasteiger partial charge is 0.214 e. The Morgan fingerprint density at radius 3 is 2.28 bits per heavy atom. The van der Waals surface area contributed by atoms with E-state index in [2.05, 4.69) is 44.1 Å². The predicted molar refractivity (Wildman–Crippen MR) is 76.1 cm³/mol. The first-order valence-corrected chi connectivity index (χ1v) is 6.79. The van der Waals surface area contributed by atoms with Crippen molar-refractivity contribution in [1.29, 1.82) is 0 Å². The molecule has 0 amide bonds. The minimum absolute atomic E-state index is 0.158. The normalized spacial score (nSPS) is 11.6. The van der Waals surface area contributed by atoms with Gasteiger partial charge in [-0.15, -0.1) is 0 Å². The molecule has 0 atom stereocenters. The standard InChI is InChI=1S/C15H26N2O/c1-10(2)14-7-13(9-16-11(3)4)8-15(17-14)18-12(5)6/h7-8,10-12,16H,9H2,1-6H3. The van der Waals surface area contributed by atoms with Crippen molar-refractivity contribution in [3.8, 4) is 5.88 Å².